The zero-order valence-electron chi connectivity index (χ0n) is 16.2. The molecular formula is C22H22N4O3. The first-order chi connectivity index (χ1) is 14.3. The molecule has 0 N–H and O–H groups in total. The van der Waals surface area contributed by atoms with E-state index in [-0.39, 0.29) is 11.8 Å². The third kappa shape index (κ3) is 4.18. The number of amides is 1. The van der Waals surface area contributed by atoms with Gasteiger partial charge >= 0.3 is 0 Å². The van der Waals surface area contributed by atoms with Crippen LogP contribution in [0.25, 0.3) is 0 Å². The first-order valence-corrected chi connectivity index (χ1v) is 9.57. The topological polar surface area (TPSA) is 77.4 Å². The van der Waals surface area contributed by atoms with Gasteiger partial charge in [-0.3, -0.25) is 14.8 Å². The molecule has 0 aliphatic carbocycles. The Bertz CT molecular complexity index is 973. The van der Waals surface area contributed by atoms with Gasteiger partial charge in [0.25, 0.3) is 5.91 Å². The second-order valence-electron chi connectivity index (χ2n) is 6.81. The summed E-state index contributed by atoms with van der Waals surface area (Å²) in [5, 5.41) is 0. The van der Waals surface area contributed by atoms with Crippen molar-refractivity contribution in [1.29, 1.82) is 0 Å². The lowest BCUT2D eigenvalue weighted by Crippen LogP contribution is -2.38. The third-order valence-electron chi connectivity index (χ3n) is 5.04. The van der Waals surface area contributed by atoms with Gasteiger partial charge < -0.3 is 14.4 Å². The minimum absolute atomic E-state index is 0.0150. The van der Waals surface area contributed by atoms with Crippen molar-refractivity contribution in [2.45, 2.75) is 18.8 Å². The highest BCUT2D eigenvalue weighted by molar-refractivity contribution is 5.93. The molecule has 1 aliphatic heterocycles. The molecule has 1 saturated heterocycles. The first kappa shape index (κ1) is 18.9. The number of hydrogen-bond donors (Lipinski definition) is 0. The number of benzene rings is 1. The molecule has 0 bridgehead atoms. The molecule has 7 nitrogen and oxygen atoms in total. The summed E-state index contributed by atoms with van der Waals surface area (Å²) in [6.45, 7) is 1.31. The van der Waals surface area contributed by atoms with Crippen molar-refractivity contribution >= 4 is 5.91 Å². The normalized spacial score (nSPS) is 14.4. The standard InChI is InChI=1S/C22H22N4O3/c1-28-18-6-2-3-7-19(18)29-21-20(24-11-12-25-21)16-8-13-26(14-9-16)22(27)17-5-4-10-23-15-17/h2-7,10-12,15-16H,8-9,13-14H2,1H3. The molecule has 0 spiro atoms. The summed E-state index contributed by atoms with van der Waals surface area (Å²) in [5.41, 5.74) is 1.43. The molecule has 4 rings (SSSR count). The Morgan fingerprint density at radius 1 is 1.00 bits per heavy atom. The maximum absolute atomic E-state index is 12.6. The lowest BCUT2D eigenvalue weighted by Gasteiger charge is -2.32. The maximum Gasteiger partial charge on any atom is 0.255 e. The molecule has 3 aromatic rings. The van der Waals surface area contributed by atoms with Crippen LogP contribution in [0, 0.1) is 0 Å². The van der Waals surface area contributed by atoms with Crippen molar-refractivity contribution in [3.63, 3.8) is 0 Å². The van der Waals surface area contributed by atoms with E-state index in [9.17, 15) is 4.79 Å². The van der Waals surface area contributed by atoms with Crippen LogP contribution in [-0.4, -0.2) is 46.0 Å². The quantitative estimate of drug-likeness (QED) is 0.661. The van der Waals surface area contributed by atoms with Crippen molar-refractivity contribution in [2.24, 2.45) is 0 Å². The number of pyridine rings is 1. The van der Waals surface area contributed by atoms with Crippen LogP contribution < -0.4 is 9.47 Å². The van der Waals surface area contributed by atoms with E-state index >= 15 is 0 Å². The van der Waals surface area contributed by atoms with Crippen LogP contribution in [0.1, 0.15) is 34.8 Å². The Morgan fingerprint density at radius 3 is 2.48 bits per heavy atom. The van der Waals surface area contributed by atoms with E-state index in [0.717, 1.165) is 18.5 Å². The molecule has 3 heterocycles. The van der Waals surface area contributed by atoms with Gasteiger partial charge in [0, 0.05) is 43.8 Å². The molecule has 1 amide bonds. The lowest BCUT2D eigenvalue weighted by atomic mass is 9.93. The smallest absolute Gasteiger partial charge is 0.255 e. The molecular weight excluding hydrogens is 368 g/mol. The highest BCUT2D eigenvalue weighted by Crippen LogP contribution is 2.36. The van der Waals surface area contributed by atoms with Gasteiger partial charge in [-0.15, -0.1) is 0 Å². The van der Waals surface area contributed by atoms with Crippen LogP contribution in [0.15, 0.2) is 61.2 Å². The van der Waals surface area contributed by atoms with E-state index in [2.05, 4.69) is 15.0 Å². The van der Waals surface area contributed by atoms with Gasteiger partial charge in [-0.2, -0.15) is 0 Å². The van der Waals surface area contributed by atoms with Gasteiger partial charge in [-0.05, 0) is 37.1 Å². The number of ether oxygens (including phenoxy) is 2. The summed E-state index contributed by atoms with van der Waals surface area (Å²) >= 11 is 0. The van der Waals surface area contributed by atoms with E-state index in [1.165, 1.54) is 0 Å². The largest absolute Gasteiger partial charge is 0.493 e. The Balaban J connectivity index is 1.47. The van der Waals surface area contributed by atoms with E-state index < -0.39 is 0 Å². The summed E-state index contributed by atoms with van der Waals surface area (Å²) in [6.07, 6.45) is 8.17. The fraction of sp³-hybridized carbons (Fsp3) is 0.273. The second-order valence-corrected chi connectivity index (χ2v) is 6.81. The average molecular weight is 390 g/mol. The fourth-order valence-corrected chi connectivity index (χ4v) is 3.53. The Kier molecular flexibility index (Phi) is 5.65. The number of aromatic nitrogens is 3. The predicted octanol–water partition coefficient (Wildman–Crippen LogP) is 3.69. The van der Waals surface area contributed by atoms with Gasteiger partial charge in [0.15, 0.2) is 11.5 Å². The average Bonchev–Trinajstić information content (AvgIpc) is 2.80. The van der Waals surface area contributed by atoms with Crippen molar-refractivity contribution in [3.8, 4) is 17.4 Å². The Morgan fingerprint density at radius 2 is 1.76 bits per heavy atom. The Labute approximate surface area is 169 Å². The zero-order valence-corrected chi connectivity index (χ0v) is 16.2. The first-order valence-electron chi connectivity index (χ1n) is 9.57. The summed E-state index contributed by atoms with van der Waals surface area (Å²) in [7, 11) is 1.61. The molecule has 29 heavy (non-hydrogen) atoms. The number of hydrogen-bond acceptors (Lipinski definition) is 6. The van der Waals surface area contributed by atoms with Gasteiger partial charge in [0.05, 0.1) is 12.7 Å². The molecule has 148 valence electrons. The molecule has 0 atom stereocenters. The maximum atomic E-state index is 12.6. The molecule has 7 heteroatoms. The van der Waals surface area contributed by atoms with E-state index in [4.69, 9.17) is 9.47 Å². The fourth-order valence-electron chi connectivity index (χ4n) is 3.53. The van der Waals surface area contributed by atoms with Crippen LogP contribution in [0.3, 0.4) is 0 Å². The predicted molar refractivity (Wildman–Crippen MR) is 107 cm³/mol. The van der Waals surface area contributed by atoms with Gasteiger partial charge in [-0.25, -0.2) is 4.98 Å². The minimum atomic E-state index is 0.0150. The van der Waals surface area contributed by atoms with Crippen LogP contribution in [0.4, 0.5) is 0 Å². The third-order valence-corrected chi connectivity index (χ3v) is 5.04. The highest BCUT2D eigenvalue weighted by atomic mass is 16.5. The number of carbonyl (C=O) groups excluding carboxylic acids is 1. The molecule has 1 aliphatic rings. The number of nitrogens with zero attached hydrogens (tertiary/aromatic N) is 4. The molecule has 1 fully saturated rings. The molecule has 0 saturated carbocycles. The van der Waals surface area contributed by atoms with Crippen LogP contribution in [0.5, 0.6) is 17.4 Å². The number of likely N-dealkylation sites (tertiary alicyclic amines) is 1. The SMILES string of the molecule is COc1ccccc1Oc1nccnc1C1CCN(C(=O)c2cccnc2)CC1. The summed E-state index contributed by atoms with van der Waals surface area (Å²) < 4.78 is 11.4. The molecule has 0 unspecified atom stereocenters. The summed E-state index contributed by atoms with van der Waals surface area (Å²) in [6, 6.07) is 11.0. The van der Waals surface area contributed by atoms with Crippen molar-refractivity contribution < 1.29 is 14.3 Å². The van der Waals surface area contributed by atoms with E-state index in [1.807, 2.05) is 29.2 Å². The zero-order chi connectivity index (χ0) is 20.1. The monoisotopic (exact) mass is 390 g/mol. The lowest BCUT2D eigenvalue weighted by molar-refractivity contribution is 0.0711. The van der Waals surface area contributed by atoms with E-state index in [0.29, 0.717) is 36.0 Å². The minimum Gasteiger partial charge on any atom is -0.493 e. The van der Waals surface area contributed by atoms with Crippen LogP contribution >= 0.6 is 0 Å². The van der Waals surface area contributed by atoms with Gasteiger partial charge in [0.2, 0.25) is 5.88 Å². The number of piperidine rings is 1. The van der Waals surface area contributed by atoms with Gasteiger partial charge in [0.1, 0.15) is 5.69 Å². The van der Waals surface area contributed by atoms with E-state index in [1.54, 1.807) is 44.0 Å². The molecule has 1 aromatic carbocycles. The van der Waals surface area contributed by atoms with Crippen LogP contribution in [-0.2, 0) is 0 Å². The Hall–Kier alpha value is -3.48. The summed E-state index contributed by atoms with van der Waals surface area (Å²) in [4.78, 5) is 27.5. The number of methoxy groups -OCH3 is 1. The van der Waals surface area contributed by atoms with Gasteiger partial charge in [-0.1, -0.05) is 12.1 Å². The van der Waals surface area contributed by atoms with Crippen molar-refractivity contribution in [1.82, 2.24) is 19.9 Å². The highest BCUT2D eigenvalue weighted by Gasteiger charge is 2.28. The van der Waals surface area contributed by atoms with Crippen LogP contribution in [0.2, 0.25) is 0 Å². The second kappa shape index (κ2) is 8.68. The number of rotatable bonds is 5. The number of carbonyl (C=O) groups is 1. The summed E-state index contributed by atoms with van der Waals surface area (Å²) in [5.74, 6) is 1.91. The molecule has 2 aromatic heterocycles. The molecule has 0 radical (unpaired) electrons. The van der Waals surface area contributed by atoms with Crippen molar-refractivity contribution in [2.75, 3.05) is 20.2 Å². The van der Waals surface area contributed by atoms with Crippen molar-refractivity contribution in [3.05, 3.63) is 72.4 Å². The number of para-hydroxylation sites is 2.